The molecule has 0 spiro atoms. The number of thiophene rings is 1. The molecule has 0 saturated carbocycles. The van der Waals surface area contributed by atoms with E-state index in [9.17, 15) is 4.39 Å². The predicted octanol–water partition coefficient (Wildman–Crippen LogP) is 23.8. The normalized spacial score (nSPS) is 12.3. The van der Waals surface area contributed by atoms with Gasteiger partial charge in [-0.15, -0.1) is 89.0 Å². The molecule has 474 valence electrons. The zero-order valence-corrected chi connectivity index (χ0v) is 60.0. The van der Waals surface area contributed by atoms with E-state index in [-0.39, 0.29) is 37.7 Å². The molecule has 0 aliphatic heterocycles. The molecule has 0 radical (unpaired) electrons. The smallest absolute Gasteiger partial charge is 0.332 e. The number of aromatic nitrogens is 4. The van der Waals surface area contributed by atoms with Gasteiger partial charge in [0.25, 0.3) is 0 Å². The van der Waals surface area contributed by atoms with Crippen LogP contribution in [0.3, 0.4) is 0 Å². The Morgan fingerprint density at radius 3 is 1.71 bits per heavy atom. The summed E-state index contributed by atoms with van der Waals surface area (Å²) in [6, 6.07) is 95.0. The van der Waals surface area contributed by atoms with E-state index in [0.717, 1.165) is 111 Å². The first-order valence-corrected chi connectivity index (χ1v) is 36.7. The number of hydrogen-bond donors (Lipinski definition) is 0. The van der Waals surface area contributed by atoms with Gasteiger partial charge in [-0.25, -0.2) is 4.39 Å². The van der Waals surface area contributed by atoms with Gasteiger partial charge < -0.3 is 14.5 Å². The number of benzene rings is 11. The minimum atomic E-state index is -1.57. The van der Waals surface area contributed by atoms with Crippen LogP contribution >= 0.6 is 11.3 Å². The third kappa shape index (κ3) is 14.1. The fourth-order valence-corrected chi connectivity index (χ4v) is 15.3. The average molecular weight is 1460 g/mol. The Bertz CT molecular complexity index is 5280. The molecule has 1 atom stereocenters. The van der Waals surface area contributed by atoms with Gasteiger partial charge >= 0.3 is 20.1 Å². The number of imidazole rings is 1. The van der Waals surface area contributed by atoms with Gasteiger partial charge in [-0.05, 0) is 139 Å². The number of nitrogens with zero attached hydrogens (tertiary/aromatic N) is 4. The molecule has 0 fully saturated rings. The molecule has 8 heteroatoms. The number of fused-ring (bicyclic) bond motifs is 6. The summed E-state index contributed by atoms with van der Waals surface area (Å²) in [5.74, 6) is -0.0982. The molecular weight excluding hydrogens is 1380 g/mol. The summed E-state index contributed by atoms with van der Waals surface area (Å²) in [5, 5.41) is 5.43. The van der Waals surface area contributed by atoms with Crippen molar-refractivity contribution < 1.29 is 27.2 Å². The summed E-state index contributed by atoms with van der Waals surface area (Å²) in [6.07, 6.45) is 3.51. The minimum absolute atomic E-state index is 0. The first kappa shape index (κ1) is 63.8. The van der Waals surface area contributed by atoms with Crippen LogP contribution in [0.4, 0.5) is 4.39 Å². The monoisotopic (exact) mass is 1460 g/mol. The van der Waals surface area contributed by atoms with E-state index in [1.165, 1.54) is 49.0 Å². The Kier molecular flexibility index (Phi) is 18.9. The van der Waals surface area contributed by atoms with E-state index in [1.807, 2.05) is 106 Å². The first-order valence-electron chi connectivity index (χ1n) is 33.5. The summed E-state index contributed by atoms with van der Waals surface area (Å²) < 4.78 is 35.7. The van der Waals surface area contributed by atoms with Crippen LogP contribution in [0.15, 0.2) is 261 Å². The summed E-state index contributed by atoms with van der Waals surface area (Å²) >= 11 is 1.79. The molecule has 0 aliphatic rings. The molecule has 4 nitrogen and oxygen atoms in total. The first-order chi connectivity index (χ1) is 46.6. The van der Waals surface area contributed by atoms with Crippen molar-refractivity contribution in [1.82, 2.24) is 19.5 Å². The Morgan fingerprint density at radius 1 is 0.583 bits per heavy atom. The average Bonchev–Trinajstić information content (AvgIpc) is 1.52. The molecule has 0 N–H and O–H groups in total. The summed E-state index contributed by atoms with van der Waals surface area (Å²) in [4.78, 5) is 14.7. The third-order valence-electron chi connectivity index (χ3n) is 17.5. The Hall–Kier alpha value is -9.53. The molecule has 0 aliphatic carbocycles. The van der Waals surface area contributed by atoms with Crippen LogP contribution in [0.2, 0.25) is 19.6 Å². The number of halogens is 1. The maximum absolute atomic E-state index is 14.5. The van der Waals surface area contributed by atoms with E-state index < -0.39 is 14.0 Å². The minimum Gasteiger partial charge on any atom is -0.332 e. The second-order valence-electron chi connectivity index (χ2n) is 26.5. The van der Waals surface area contributed by atoms with Crippen LogP contribution in [0, 0.1) is 30.9 Å². The van der Waals surface area contributed by atoms with Crippen molar-refractivity contribution in [1.29, 1.82) is 0 Å². The second-order valence-corrected chi connectivity index (χ2v) is 32.6. The largest absolute Gasteiger partial charge is 3.00 e. The summed E-state index contributed by atoms with van der Waals surface area (Å²) in [6.45, 7) is 21.7. The van der Waals surface area contributed by atoms with Crippen LogP contribution in [0.25, 0.3) is 126 Å². The maximum atomic E-state index is 14.5. The zero-order chi connectivity index (χ0) is 67.8. The Morgan fingerprint density at radius 2 is 1.15 bits per heavy atom. The van der Waals surface area contributed by atoms with Gasteiger partial charge in [0, 0.05) is 36.3 Å². The second kappa shape index (κ2) is 28.4. The van der Waals surface area contributed by atoms with Gasteiger partial charge in [0.2, 0.25) is 0 Å². The van der Waals surface area contributed by atoms with Crippen molar-refractivity contribution in [2.45, 2.75) is 85.8 Å². The third-order valence-corrected chi connectivity index (χ3v) is 20.7. The van der Waals surface area contributed by atoms with Crippen molar-refractivity contribution >= 4 is 66.6 Å². The maximum Gasteiger partial charge on any atom is 3.00 e. The Labute approximate surface area is 586 Å². The number of rotatable bonds is 11. The molecule has 96 heavy (non-hydrogen) atoms. The number of pyridine rings is 2. The number of hydrogen-bond acceptors (Lipinski definition) is 4. The van der Waals surface area contributed by atoms with E-state index in [0.29, 0.717) is 0 Å². The molecule has 4 heterocycles. The van der Waals surface area contributed by atoms with E-state index in [1.54, 1.807) is 23.6 Å². The fraction of sp³-hybridized carbons (Fsp3) is 0.148. The van der Waals surface area contributed by atoms with Gasteiger partial charge in [0.05, 0.1) is 30.6 Å². The molecule has 15 aromatic rings. The van der Waals surface area contributed by atoms with Gasteiger partial charge in [0.1, 0.15) is 5.82 Å². The molecule has 0 saturated heterocycles. The van der Waals surface area contributed by atoms with Crippen molar-refractivity contribution in [3.63, 3.8) is 0 Å². The van der Waals surface area contributed by atoms with Gasteiger partial charge in [-0.3, -0.25) is 4.98 Å². The molecule has 11 aromatic carbocycles. The van der Waals surface area contributed by atoms with Gasteiger partial charge in [0.15, 0.2) is 0 Å². The van der Waals surface area contributed by atoms with E-state index >= 15 is 0 Å². The van der Waals surface area contributed by atoms with Crippen molar-refractivity contribution in [2.75, 3.05) is 0 Å². The van der Waals surface area contributed by atoms with Crippen molar-refractivity contribution in [2.24, 2.45) is 0 Å². The van der Waals surface area contributed by atoms with Crippen molar-refractivity contribution in [3.8, 4) is 84.1 Å². The van der Waals surface area contributed by atoms with E-state index in [2.05, 4.69) is 233 Å². The summed E-state index contributed by atoms with van der Waals surface area (Å²) in [7, 11) is -1.57. The van der Waals surface area contributed by atoms with Gasteiger partial charge in [-0.2, -0.15) is 11.3 Å². The molecular formula is C88H76FIrN4SSi. The molecule has 0 bridgehead atoms. The SMILES string of the molecule is Cc1ccc2c(c1)sc1c(-c3nc4c5ccc(F)cc5ccc4n3-c3c(-c4ccccc4)cc(C(C)(C)C)cc3-c3ccccc3)[c-]ccc12.[2H]C(C)(C)c1cc(-c2[c-]ccc(-c3ccccc3)c2)ncc1[Si](C)(C)C.[2H]C(C)c1ccnc(-c2[c-]ccc(-c3ccccc3)c2)c1.[Ir+3]. The van der Waals surface area contributed by atoms with Crippen molar-refractivity contribution in [3.05, 3.63) is 307 Å². The van der Waals surface area contributed by atoms with Crippen LogP contribution in [0.5, 0.6) is 0 Å². The molecule has 1 unspecified atom stereocenters. The van der Waals surface area contributed by atoms with Crippen LogP contribution in [0.1, 0.15) is 72.4 Å². The summed E-state index contributed by atoms with van der Waals surface area (Å²) in [5.41, 5.74) is 21.1. The van der Waals surface area contributed by atoms with Gasteiger partial charge in [-0.1, -0.05) is 235 Å². The topological polar surface area (TPSA) is 43.6 Å². The van der Waals surface area contributed by atoms with Crippen LogP contribution < -0.4 is 5.19 Å². The van der Waals surface area contributed by atoms with Crippen LogP contribution in [-0.2, 0) is 31.9 Å². The molecule has 15 rings (SSSR count). The Balaban J connectivity index is 0.000000159. The number of aryl methyl sites for hydroxylation is 2. The standard InChI is InChI=1S/C46H34FN2S.C23H26NSi.C19H16N.Ir/c1-28-18-21-35-36-16-11-17-37(44(36)50-41(35)24-28)45-48-42-34-22-20-33(47)25-31(34)19-23-40(42)49(45)43-38(29-12-7-5-8-13-29)26-32(46(2,3)4)27-39(43)30-14-9-6-10-15-30;1-17(2)21-15-22(24-16-23(21)25(3,4)5)20-13-9-12-19(14-20)18-10-7-6-8-11-18;1-2-15-11-12-20-19(13-15)18-10-6-9-17(14-18)16-7-4-3-5-8-16;/h5-16,18-27H,1-4H3;6-12,14-17H,1-5H3;3-9,11-14H,2H2,1H3;/q3*-1;+3/i;17D;2D;. The van der Waals surface area contributed by atoms with E-state index in [4.69, 9.17) is 12.7 Å². The molecule has 4 aromatic heterocycles. The predicted molar refractivity (Wildman–Crippen MR) is 404 cm³/mol. The quantitative estimate of drug-likeness (QED) is 0.0957. The molecule has 0 amide bonds. The van der Waals surface area contributed by atoms with Crippen LogP contribution in [-0.4, -0.2) is 27.6 Å². The fourth-order valence-electron chi connectivity index (χ4n) is 12.5. The zero-order valence-electron chi connectivity index (χ0n) is 57.8.